The van der Waals surface area contributed by atoms with Gasteiger partial charge in [0, 0.05) is 0 Å². The third-order valence-corrected chi connectivity index (χ3v) is 6.79. The molecule has 0 radical (unpaired) electrons. The first-order chi connectivity index (χ1) is 22.2. The van der Waals surface area contributed by atoms with Crippen molar-refractivity contribution in [2.45, 2.75) is 54.4 Å². The number of hydrogen-bond acceptors (Lipinski definition) is 0. The van der Waals surface area contributed by atoms with Gasteiger partial charge in [0.1, 0.15) is 0 Å². The van der Waals surface area contributed by atoms with Crippen LogP contribution >= 0.6 is 0 Å². The van der Waals surface area contributed by atoms with E-state index in [0.717, 1.165) is 12.8 Å². The molecule has 0 atom stereocenters. The van der Waals surface area contributed by atoms with Crippen LogP contribution in [0, 0.1) is 12.2 Å². The maximum Gasteiger partial charge on any atom is -0.0771 e. The van der Waals surface area contributed by atoms with Gasteiger partial charge < -0.3 is 24.8 Å². The molecule has 0 nitrogen and oxygen atoms in total. The summed E-state index contributed by atoms with van der Waals surface area (Å²) in [4.78, 5) is 0. The van der Waals surface area contributed by atoms with E-state index in [2.05, 4.69) is 175 Å². The summed E-state index contributed by atoms with van der Waals surface area (Å²) in [5, 5.41) is 10.8. The molecule has 6 aromatic rings. The molecular formula is C44H44Cl2Hf2-2. The van der Waals surface area contributed by atoms with Gasteiger partial charge in [-0.05, 0) is 0 Å². The molecule has 0 unspecified atom stereocenters. The summed E-state index contributed by atoms with van der Waals surface area (Å²) in [6.45, 7) is 12.7. The second-order valence-corrected chi connectivity index (χ2v) is 18.8. The predicted octanol–water partition coefficient (Wildman–Crippen LogP) is 6.31. The second kappa shape index (κ2) is 23.9. The smallest absolute Gasteiger partial charge is 0.0771 e. The summed E-state index contributed by atoms with van der Waals surface area (Å²) < 4.78 is 3.11. The Balaban J connectivity index is 0.000000307. The Hall–Kier alpha value is -2.36. The van der Waals surface area contributed by atoms with E-state index in [-0.39, 0.29) is 24.8 Å². The summed E-state index contributed by atoms with van der Waals surface area (Å²) in [6.07, 6.45) is 16.5. The Morgan fingerprint density at radius 2 is 0.708 bits per heavy atom. The predicted molar refractivity (Wildman–Crippen MR) is 199 cm³/mol. The molecular weight excluding hydrogens is 956 g/mol. The molecule has 0 N–H and O–H groups in total. The number of fused-ring (bicyclic) bond motifs is 6. The van der Waals surface area contributed by atoms with E-state index in [4.69, 9.17) is 0 Å². The summed E-state index contributed by atoms with van der Waals surface area (Å²) in [5.74, 6) is 0. The molecule has 0 heterocycles. The van der Waals surface area contributed by atoms with Crippen LogP contribution in [0.4, 0.5) is 0 Å². The third-order valence-electron chi connectivity index (χ3n) is 6.79. The summed E-state index contributed by atoms with van der Waals surface area (Å²) >= 11 is 2.53. The van der Waals surface area contributed by atoms with Crippen LogP contribution in [0.25, 0.3) is 43.1 Å². The molecule has 48 heavy (non-hydrogen) atoms. The monoisotopic (exact) mass is 1000 g/mol. The van der Waals surface area contributed by atoms with Gasteiger partial charge in [-0.15, -0.1) is 106 Å². The normalized spacial score (nSPS) is 11.8. The zero-order valence-electron chi connectivity index (χ0n) is 28.9. The van der Waals surface area contributed by atoms with Gasteiger partial charge in [-0.1, -0.05) is 72.8 Å². The second-order valence-electron chi connectivity index (χ2n) is 11.6. The van der Waals surface area contributed by atoms with Gasteiger partial charge >= 0.3 is 82.0 Å². The topological polar surface area (TPSA) is 0 Å². The standard InChI is InChI=1S/2C13H9.2C6H7.2C3H6.2ClH.2Hf/c2*1-3-7-12-10(5-1)9-11-6-2-4-8-13(11)12;2*1-6-4-2-3-5-6;2*1-3-2;;;;/h2*1-9H;2*4-5H,2H2,1H3;2*1-2H3;2*1H;;/q4*-1;;;;;2*+2/p-2. The number of benzene rings is 4. The van der Waals surface area contributed by atoms with E-state index in [9.17, 15) is 0 Å². The van der Waals surface area contributed by atoms with Crippen molar-refractivity contribution in [2.24, 2.45) is 0 Å². The number of allylic oxidation sites excluding steroid dienone is 8. The average Bonchev–Trinajstić information content (AvgIpc) is 3.84. The molecule has 6 aromatic carbocycles. The SMILES string of the molecule is CC1=CC[C-]=C1.CC1=CC[C-]=C1.C[C](C)=[Hf+2].C[C](C)=[Hf+2].[Cl-].[Cl-].c1ccc2c(c1)[cH-]c1ccccc12.c1ccc2c(c1)[cH-]c1ccccc12. The van der Waals surface area contributed by atoms with Crippen molar-refractivity contribution in [2.75, 3.05) is 0 Å². The minimum Gasteiger partial charge on any atom is -1.00 e. The van der Waals surface area contributed by atoms with Gasteiger partial charge in [-0.2, -0.15) is 12.2 Å². The van der Waals surface area contributed by atoms with E-state index in [1.807, 2.05) is 12.2 Å². The molecule has 0 fully saturated rings. The minimum absolute atomic E-state index is 0. The Kier molecular flexibility index (Phi) is 21.7. The maximum atomic E-state index is 3.05. The molecule has 8 rings (SSSR count). The van der Waals surface area contributed by atoms with Crippen molar-refractivity contribution in [3.05, 3.63) is 157 Å². The first kappa shape index (κ1) is 43.7. The van der Waals surface area contributed by atoms with Crippen LogP contribution in [0.3, 0.4) is 0 Å². The molecule has 0 amide bonds. The molecule has 0 aliphatic heterocycles. The van der Waals surface area contributed by atoms with Crippen LogP contribution in [0.15, 0.2) is 145 Å². The third kappa shape index (κ3) is 15.5. The van der Waals surface area contributed by atoms with Crippen molar-refractivity contribution in [1.29, 1.82) is 0 Å². The van der Waals surface area contributed by atoms with E-state index in [1.54, 1.807) is 6.51 Å². The van der Waals surface area contributed by atoms with E-state index in [0.29, 0.717) is 0 Å². The van der Waals surface area contributed by atoms with Crippen molar-refractivity contribution in [1.82, 2.24) is 0 Å². The molecule has 0 bridgehead atoms. The zero-order valence-corrected chi connectivity index (χ0v) is 37.6. The fourth-order valence-electron chi connectivity index (χ4n) is 4.81. The van der Waals surface area contributed by atoms with Crippen molar-refractivity contribution in [3.63, 3.8) is 0 Å². The minimum atomic E-state index is 0. The molecule has 0 aromatic heterocycles. The Morgan fingerprint density at radius 1 is 0.479 bits per heavy atom. The molecule has 0 spiro atoms. The summed E-state index contributed by atoms with van der Waals surface area (Å²) in [5.41, 5.74) is 2.69. The fourth-order valence-corrected chi connectivity index (χ4v) is 4.81. The molecule has 244 valence electrons. The summed E-state index contributed by atoms with van der Waals surface area (Å²) in [6, 6.07) is 38.5. The first-order valence-electron chi connectivity index (χ1n) is 15.7. The zero-order chi connectivity index (χ0) is 33.3. The van der Waals surface area contributed by atoms with E-state index >= 15 is 0 Å². The van der Waals surface area contributed by atoms with Gasteiger partial charge in [-0.3, -0.25) is 12.2 Å². The number of hydrogen-bond donors (Lipinski definition) is 0. The van der Waals surface area contributed by atoms with Crippen LogP contribution in [0.1, 0.15) is 54.4 Å². The fraction of sp³-hybridized carbons (Fsp3) is 0.182. The van der Waals surface area contributed by atoms with Gasteiger partial charge in [0.2, 0.25) is 0 Å². The van der Waals surface area contributed by atoms with Crippen molar-refractivity contribution in [3.8, 4) is 0 Å². The average molecular weight is 1000 g/mol. The van der Waals surface area contributed by atoms with Crippen LogP contribution in [0.2, 0.25) is 0 Å². The Morgan fingerprint density at radius 3 is 0.875 bits per heavy atom. The molecule has 2 aliphatic rings. The van der Waals surface area contributed by atoms with Crippen LogP contribution in [-0.2, 0) is 47.8 Å². The van der Waals surface area contributed by atoms with Crippen molar-refractivity contribution < 1.29 is 72.6 Å². The number of rotatable bonds is 0. The van der Waals surface area contributed by atoms with Crippen molar-refractivity contribution >= 4 is 49.6 Å². The maximum absolute atomic E-state index is 3.05. The van der Waals surface area contributed by atoms with Crippen LogP contribution < -0.4 is 24.8 Å². The van der Waals surface area contributed by atoms with Gasteiger partial charge in [0.15, 0.2) is 0 Å². The Labute approximate surface area is 330 Å². The van der Waals surface area contributed by atoms with Gasteiger partial charge in [0.25, 0.3) is 0 Å². The van der Waals surface area contributed by atoms with Gasteiger partial charge in [-0.25, -0.2) is 23.3 Å². The first-order valence-corrected chi connectivity index (χ1v) is 19.3. The summed E-state index contributed by atoms with van der Waals surface area (Å²) in [7, 11) is 0. The quantitative estimate of drug-likeness (QED) is 0.124. The molecule has 0 saturated carbocycles. The van der Waals surface area contributed by atoms with E-state index < -0.39 is 0 Å². The van der Waals surface area contributed by atoms with Gasteiger partial charge in [0.05, 0.1) is 0 Å². The molecule has 4 heteroatoms. The Bertz CT molecular complexity index is 1740. The largest absolute Gasteiger partial charge is 1.00 e. The molecule has 0 saturated heterocycles. The molecule has 2 aliphatic carbocycles. The van der Waals surface area contributed by atoms with E-state index in [1.165, 1.54) is 102 Å². The van der Waals surface area contributed by atoms with Crippen LogP contribution in [-0.4, -0.2) is 6.51 Å². The van der Waals surface area contributed by atoms with Crippen LogP contribution in [0.5, 0.6) is 0 Å². The number of halogens is 2.